The molecule has 7 nitrogen and oxygen atoms in total. The summed E-state index contributed by atoms with van der Waals surface area (Å²) in [6.07, 6.45) is 2.18. The Hall–Kier alpha value is -1.98. The second-order valence-corrected chi connectivity index (χ2v) is 6.99. The minimum atomic E-state index is -3.87. The van der Waals surface area contributed by atoms with Gasteiger partial charge in [-0.1, -0.05) is 11.8 Å². The number of carbonyl (C=O) groups excluding carboxylic acids is 1. The molecule has 1 aromatic carbocycles. The number of halogens is 2. The number of primary sulfonamides is 1. The molecule has 0 radical (unpaired) electrons. The van der Waals surface area contributed by atoms with Gasteiger partial charge < -0.3 is 5.32 Å². The Morgan fingerprint density at radius 1 is 1.35 bits per heavy atom. The highest BCUT2D eigenvalue weighted by atomic mass is 32.2. The lowest BCUT2D eigenvalue weighted by atomic mass is 10.3. The van der Waals surface area contributed by atoms with Crippen LogP contribution in [0.3, 0.4) is 0 Å². The molecular weight excluding hydrogens is 350 g/mol. The molecule has 0 aliphatic rings. The number of thioether (sulfide) groups is 1. The molecule has 124 valence electrons. The van der Waals surface area contributed by atoms with Gasteiger partial charge in [0.25, 0.3) is 5.76 Å². The average molecular weight is 362 g/mol. The van der Waals surface area contributed by atoms with E-state index in [4.69, 9.17) is 5.14 Å². The Balaban J connectivity index is 1.95. The van der Waals surface area contributed by atoms with Crippen LogP contribution in [-0.2, 0) is 21.4 Å². The number of aromatic nitrogens is 2. The van der Waals surface area contributed by atoms with Gasteiger partial charge in [-0.2, -0.15) is 13.9 Å². The summed E-state index contributed by atoms with van der Waals surface area (Å²) in [5.74, 6) is -2.97. The minimum Gasteiger partial charge on any atom is -0.324 e. The molecule has 1 amide bonds. The summed E-state index contributed by atoms with van der Waals surface area (Å²) in [7, 11) is -3.87. The number of carbonyl (C=O) groups is 1. The Labute approximate surface area is 134 Å². The molecule has 0 spiro atoms. The van der Waals surface area contributed by atoms with Crippen LogP contribution in [0.2, 0.25) is 0 Å². The van der Waals surface area contributed by atoms with Gasteiger partial charge in [0.1, 0.15) is 11.4 Å². The fourth-order valence-electron chi connectivity index (χ4n) is 1.65. The van der Waals surface area contributed by atoms with Crippen molar-refractivity contribution in [2.45, 2.75) is 22.1 Å². The van der Waals surface area contributed by atoms with Crippen LogP contribution in [0.25, 0.3) is 0 Å². The first kappa shape index (κ1) is 17.4. The molecule has 2 aromatic rings. The number of hydrogen-bond acceptors (Lipinski definition) is 5. The van der Waals surface area contributed by atoms with Crippen LogP contribution in [0, 0.1) is 0 Å². The molecule has 11 heteroatoms. The van der Waals surface area contributed by atoms with Crippen molar-refractivity contribution in [1.82, 2.24) is 9.78 Å². The molecule has 3 N–H and O–H groups in total. The first-order valence-electron chi connectivity index (χ1n) is 6.14. The average Bonchev–Trinajstić information content (AvgIpc) is 2.89. The lowest BCUT2D eigenvalue weighted by Gasteiger charge is -2.06. The second-order valence-electron chi connectivity index (χ2n) is 4.37. The van der Waals surface area contributed by atoms with E-state index < -0.39 is 21.7 Å². The number of benzene rings is 1. The highest BCUT2D eigenvalue weighted by Crippen LogP contribution is 2.26. The summed E-state index contributed by atoms with van der Waals surface area (Å²) < 4.78 is 47.7. The van der Waals surface area contributed by atoms with E-state index in [2.05, 4.69) is 10.4 Å². The SMILES string of the molecule is NS(=O)(=O)c1cnn(CC(=O)Nc2ccc(SC(F)F)cc2)c1. The van der Waals surface area contributed by atoms with Gasteiger partial charge in [0.15, 0.2) is 0 Å². The Kier molecular flexibility index (Phi) is 5.34. The van der Waals surface area contributed by atoms with Gasteiger partial charge in [-0.25, -0.2) is 13.6 Å². The van der Waals surface area contributed by atoms with Gasteiger partial charge in [0, 0.05) is 16.8 Å². The molecule has 1 aromatic heterocycles. The van der Waals surface area contributed by atoms with Crippen molar-refractivity contribution in [3.05, 3.63) is 36.7 Å². The van der Waals surface area contributed by atoms with Crippen LogP contribution in [0.15, 0.2) is 46.5 Å². The van der Waals surface area contributed by atoms with Crippen LogP contribution in [-0.4, -0.2) is 29.9 Å². The van der Waals surface area contributed by atoms with Gasteiger partial charge in [0.05, 0.1) is 6.20 Å². The van der Waals surface area contributed by atoms with E-state index in [1.807, 2.05) is 0 Å². The van der Waals surface area contributed by atoms with E-state index in [1.54, 1.807) is 0 Å². The lowest BCUT2D eigenvalue weighted by molar-refractivity contribution is -0.116. The number of sulfonamides is 1. The Morgan fingerprint density at radius 2 is 2.00 bits per heavy atom. The maximum atomic E-state index is 12.2. The van der Waals surface area contributed by atoms with Crippen molar-refractivity contribution < 1.29 is 22.0 Å². The standard InChI is InChI=1S/C12H12F2N4O3S2/c13-12(14)22-9-3-1-8(2-4-9)17-11(19)7-18-6-10(5-16-18)23(15,20)21/h1-6,12H,7H2,(H,17,19)(H2,15,20,21). The molecule has 0 bridgehead atoms. The van der Waals surface area contributed by atoms with Gasteiger partial charge in [-0.05, 0) is 24.3 Å². The number of nitrogens with two attached hydrogens (primary N) is 1. The highest BCUT2D eigenvalue weighted by molar-refractivity contribution is 7.99. The number of alkyl halides is 2. The number of rotatable bonds is 6. The number of nitrogens with zero attached hydrogens (tertiary/aromatic N) is 2. The van der Waals surface area contributed by atoms with Gasteiger partial charge in [0.2, 0.25) is 15.9 Å². The van der Waals surface area contributed by atoms with Crippen molar-refractivity contribution >= 4 is 33.4 Å². The summed E-state index contributed by atoms with van der Waals surface area (Å²) in [6.45, 7) is -0.219. The van der Waals surface area contributed by atoms with Crippen molar-refractivity contribution in [3.63, 3.8) is 0 Å². The van der Waals surface area contributed by atoms with Crippen molar-refractivity contribution in [3.8, 4) is 0 Å². The van der Waals surface area contributed by atoms with Gasteiger partial charge in [-0.15, -0.1) is 0 Å². The summed E-state index contributed by atoms with van der Waals surface area (Å²) in [5.41, 5.74) is 0.424. The van der Waals surface area contributed by atoms with Gasteiger partial charge in [-0.3, -0.25) is 9.48 Å². The van der Waals surface area contributed by atoms with Crippen LogP contribution in [0.5, 0.6) is 0 Å². The van der Waals surface area contributed by atoms with Gasteiger partial charge >= 0.3 is 0 Å². The van der Waals surface area contributed by atoms with Crippen LogP contribution in [0.1, 0.15) is 0 Å². The van der Waals surface area contributed by atoms with Crippen molar-refractivity contribution in [2.24, 2.45) is 5.14 Å². The van der Waals surface area contributed by atoms with E-state index >= 15 is 0 Å². The van der Waals surface area contributed by atoms with Crippen LogP contribution >= 0.6 is 11.8 Å². The maximum Gasteiger partial charge on any atom is 0.288 e. The predicted octanol–water partition coefficient (Wildman–Crippen LogP) is 1.48. The highest BCUT2D eigenvalue weighted by Gasteiger charge is 2.12. The molecule has 0 fully saturated rings. The Morgan fingerprint density at radius 3 is 2.52 bits per heavy atom. The zero-order chi connectivity index (χ0) is 17.0. The fraction of sp³-hybridized carbons (Fsp3) is 0.167. The number of anilines is 1. The zero-order valence-corrected chi connectivity index (χ0v) is 13.2. The Bertz CT molecular complexity index is 791. The molecule has 1 heterocycles. The first-order chi connectivity index (χ1) is 10.7. The first-order valence-corrected chi connectivity index (χ1v) is 8.56. The predicted molar refractivity (Wildman–Crippen MR) is 80.5 cm³/mol. The largest absolute Gasteiger partial charge is 0.324 e. The smallest absolute Gasteiger partial charge is 0.288 e. The monoisotopic (exact) mass is 362 g/mol. The summed E-state index contributed by atoms with van der Waals surface area (Å²) >= 11 is 0.405. The van der Waals surface area contributed by atoms with E-state index in [9.17, 15) is 22.0 Å². The number of amides is 1. The van der Waals surface area contributed by atoms with Crippen LogP contribution in [0.4, 0.5) is 14.5 Å². The zero-order valence-electron chi connectivity index (χ0n) is 11.5. The third kappa shape index (κ3) is 5.30. The van der Waals surface area contributed by atoms with E-state index in [0.29, 0.717) is 22.3 Å². The molecule has 0 saturated carbocycles. The number of hydrogen-bond donors (Lipinski definition) is 2. The van der Waals surface area contributed by atoms with E-state index in [0.717, 1.165) is 17.1 Å². The van der Waals surface area contributed by atoms with Crippen LogP contribution < -0.4 is 10.5 Å². The normalized spacial score (nSPS) is 11.7. The number of nitrogens with one attached hydrogen (secondary N) is 1. The molecule has 0 saturated heterocycles. The molecule has 0 aliphatic carbocycles. The molecule has 2 rings (SSSR count). The third-order valence-electron chi connectivity index (χ3n) is 2.61. The van der Waals surface area contributed by atoms with E-state index in [1.165, 1.54) is 24.3 Å². The van der Waals surface area contributed by atoms with Crippen molar-refractivity contribution in [2.75, 3.05) is 5.32 Å². The summed E-state index contributed by atoms with van der Waals surface area (Å²) in [6, 6.07) is 5.89. The molecular formula is C12H12F2N4O3S2. The second kappa shape index (κ2) is 7.06. The van der Waals surface area contributed by atoms with Crippen molar-refractivity contribution in [1.29, 1.82) is 0 Å². The summed E-state index contributed by atoms with van der Waals surface area (Å²) in [4.78, 5) is 12.0. The quantitative estimate of drug-likeness (QED) is 0.757. The topological polar surface area (TPSA) is 107 Å². The maximum absolute atomic E-state index is 12.2. The van der Waals surface area contributed by atoms with E-state index in [-0.39, 0.29) is 11.4 Å². The summed E-state index contributed by atoms with van der Waals surface area (Å²) in [5, 5.41) is 11.2. The molecule has 0 unspecified atom stereocenters. The molecule has 0 atom stereocenters. The minimum absolute atomic E-state index is 0.196. The fourth-order valence-corrected chi connectivity index (χ4v) is 2.61. The molecule has 23 heavy (non-hydrogen) atoms. The lowest BCUT2D eigenvalue weighted by Crippen LogP contribution is -2.19. The molecule has 0 aliphatic heterocycles. The third-order valence-corrected chi connectivity index (χ3v) is 4.20.